The van der Waals surface area contributed by atoms with Gasteiger partial charge in [0.1, 0.15) is 0 Å². The Bertz CT molecular complexity index is 0. The van der Waals surface area contributed by atoms with E-state index in [4.69, 9.17) is 0 Å². The summed E-state index contributed by atoms with van der Waals surface area (Å²) < 4.78 is 0. The van der Waals surface area contributed by atoms with Gasteiger partial charge < -0.3 is 0 Å². The quantitative estimate of drug-likeness (QED) is 0.401. The Hall–Kier alpha value is -0.260. The SMILES string of the molecule is C.C.C=C.CC. The largest absolute Gasteiger partial charge is 0.106 e. The molecule has 0 aliphatic heterocycles. The zero-order valence-corrected chi connectivity index (χ0v) is 3.41. The maximum Gasteiger partial charge on any atom is -0.0683 e. The van der Waals surface area contributed by atoms with Gasteiger partial charge in [0.05, 0.1) is 0 Å². The lowest BCUT2D eigenvalue weighted by Gasteiger charge is -1.07. The van der Waals surface area contributed by atoms with Crippen molar-refractivity contribution in [2.24, 2.45) is 0 Å². The predicted octanol–water partition coefficient (Wildman–Crippen LogP) is 3.10. The summed E-state index contributed by atoms with van der Waals surface area (Å²) in [5.41, 5.74) is 0. The van der Waals surface area contributed by atoms with Gasteiger partial charge in [-0.1, -0.05) is 28.7 Å². The van der Waals surface area contributed by atoms with Crippen molar-refractivity contribution in [3.63, 3.8) is 0 Å². The molecule has 0 aliphatic rings. The van der Waals surface area contributed by atoms with E-state index in [9.17, 15) is 0 Å². The van der Waals surface area contributed by atoms with Crippen LogP contribution >= 0.6 is 0 Å². The molecule has 0 saturated heterocycles. The van der Waals surface area contributed by atoms with Crippen LogP contribution in [-0.4, -0.2) is 0 Å². The van der Waals surface area contributed by atoms with E-state index in [0.717, 1.165) is 0 Å². The average molecular weight is 90.2 g/mol. The van der Waals surface area contributed by atoms with Crippen molar-refractivity contribution in [3.8, 4) is 0 Å². The Morgan fingerprint density at radius 2 is 0.833 bits per heavy atom. The minimum Gasteiger partial charge on any atom is -0.106 e. The molecule has 0 spiro atoms. The van der Waals surface area contributed by atoms with Gasteiger partial charge in [0, 0.05) is 0 Å². The number of rotatable bonds is 0. The van der Waals surface area contributed by atoms with E-state index >= 15 is 0 Å². The second-order valence-corrected chi connectivity index (χ2v) is 0. The molecule has 0 N–H and O–H groups in total. The molecule has 0 rings (SSSR count). The third-order valence-corrected chi connectivity index (χ3v) is 0. The van der Waals surface area contributed by atoms with Crippen molar-refractivity contribution in [3.05, 3.63) is 13.2 Å². The lowest BCUT2D eigenvalue weighted by Crippen LogP contribution is -0.856. The van der Waals surface area contributed by atoms with Gasteiger partial charge in [-0.2, -0.15) is 0 Å². The molecule has 0 aliphatic carbocycles. The Balaban J connectivity index is -0.00000000500. The maximum absolute atomic E-state index is 3.00. The summed E-state index contributed by atoms with van der Waals surface area (Å²) >= 11 is 0. The van der Waals surface area contributed by atoms with Crippen molar-refractivity contribution in [1.82, 2.24) is 0 Å². The van der Waals surface area contributed by atoms with Gasteiger partial charge in [-0.15, -0.1) is 13.2 Å². The first-order valence-electron chi connectivity index (χ1n) is 1.50. The Morgan fingerprint density at radius 3 is 0.833 bits per heavy atom. The molecule has 0 aromatic heterocycles. The molecule has 42 valence electrons. The summed E-state index contributed by atoms with van der Waals surface area (Å²) in [7, 11) is 0. The van der Waals surface area contributed by atoms with Crippen LogP contribution in [0.3, 0.4) is 0 Å². The van der Waals surface area contributed by atoms with E-state index in [1.54, 1.807) is 0 Å². The van der Waals surface area contributed by atoms with Crippen molar-refractivity contribution in [1.29, 1.82) is 0 Å². The molecule has 0 atom stereocenters. The Morgan fingerprint density at radius 1 is 0.833 bits per heavy atom. The highest BCUT2D eigenvalue weighted by Gasteiger charge is 0.932. The smallest absolute Gasteiger partial charge is 0.0683 e. The van der Waals surface area contributed by atoms with Gasteiger partial charge in [-0.25, -0.2) is 0 Å². The minimum atomic E-state index is 0. The summed E-state index contributed by atoms with van der Waals surface area (Å²) in [5, 5.41) is 0. The molecule has 0 heteroatoms. The van der Waals surface area contributed by atoms with E-state index in [0.29, 0.717) is 0 Å². The predicted molar refractivity (Wildman–Crippen MR) is 36.1 cm³/mol. The fourth-order valence-corrected chi connectivity index (χ4v) is 0. The van der Waals surface area contributed by atoms with Crippen LogP contribution in [0.2, 0.25) is 0 Å². The van der Waals surface area contributed by atoms with Crippen LogP contribution in [0.15, 0.2) is 13.2 Å². The van der Waals surface area contributed by atoms with Crippen molar-refractivity contribution < 1.29 is 0 Å². The highest BCUT2D eigenvalue weighted by molar-refractivity contribution is 4.22. The van der Waals surface area contributed by atoms with Gasteiger partial charge in [0.25, 0.3) is 0 Å². The summed E-state index contributed by atoms with van der Waals surface area (Å²) in [6.07, 6.45) is 0. The molecule has 0 nitrogen and oxygen atoms in total. The van der Waals surface area contributed by atoms with Crippen LogP contribution in [0.4, 0.5) is 0 Å². The number of hydrogen-bond acceptors (Lipinski definition) is 0. The molecule has 0 radical (unpaired) electrons. The summed E-state index contributed by atoms with van der Waals surface area (Å²) in [4.78, 5) is 0. The molecule has 0 bridgehead atoms. The zero-order chi connectivity index (χ0) is 4.00. The van der Waals surface area contributed by atoms with Gasteiger partial charge in [0.15, 0.2) is 0 Å². The fraction of sp³-hybridized carbons (Fsp3) is 0.667. The monoisotopic (exact) mass is 90.1 g/mol. The van der Waals surface area contributed by atoms with E-state index in [1.807, 2.05) is 13.8 Å². The molecule has 0 saturated carbocycles. The first-order valence-corrected chi connectivity index (χ1v) is 1.50. The lowest BCUT2D eigenvalue weighted by atomic mass is 11.0. The van der Waals surface area contributed by atoms with Gasteiger partial charge in [0.2, 0.25) is 0 Å². The molecular formula is C6H18. The van der Waals surface area contributed by atoms with Crippen molar-refractivity contribution >= 4 is 0 Å². The summed E-state index contributed by atoms with van der Waals surface area (Å²) in [6, 6.07) is 0. The second-order valence-electron chi connectivity index (χ2n) is 0. The third-order valence-electron chi connectivity index (χ3n) is 0. The van der Waals surface area contributed by atoms with E-state index in [1.165, 1.54) is 0 Å². The Labute approximate surface area is 42.9 Å². The minimum absolute atomic E-state index is 0. The lowest BCUT2D eigenvalue weighted by molar-refractivity contribution is 1.50. The molecule has 0 unspecified atom stereocenters. The first kappa shape index (κ1) is 42.6. The Kier molecular flexibility index (Phi) is 6960. The molecule has 0 amide bonds. The van der Waals surface area contributed by atoms with Crippen molar-refractivity contribution in [2.45, 2.75) is 28.7 Å². The van der Waals surface area contributed by atoms with Crippen LogP contribution in [0.1, 0.15) is 28.7 Å². The highest BCUT2D eigenvalue weighted by Crippen LogP contribution is 1.14. The first-order chi connectivity index (χ1) is 2.00. The third kappa shape index (κ3) is 415. The normalized spacial score (nSPS) is 1.67. The standard InChI is InChI=1S/C2H6.C2H4.2CH4/c2*1-2;;/h1-2H3;1-2H2;2*1H4. The summed E-state index contributed by atoms with van der Waals surface area (Å²) in [5.74, 6) is 0. The van der Waals surface area contributed by atoms with Crippen LogP contribution < -0.4 is 0 Å². The van der Waals surface area contributed by atoms with E-state index < -0.39 is 0 Å². The molecular weight excluding hydrogens is 72.1 g/mol. The van der Waals surface area contributed by atoms with Crippen LogP contribution in [0, 0.1) is 0 Å². The zero-order valence-electron chi connectivity index (χ0n) is 3.41. The molecule has 0 aromatic carbocycles. The van der Waals surface area contributed by atoms with Crippen LogP contribution in [-0.2, 0) is 0 Å². The van der Waals surface area contributed by atoms with Crippen molar-refractivity contribution in [2.75, 3.05) is 0 Å². The summed E-state index contributed by atoms with van der Waals surface area (Å²) in [6.45, 7) is 10.0. The van der Waals surface area contributed by atoms with E-state index in [-0.39, 0.29) is 14.9 Å². The van der Waals surface area contributed by atoms with E-state index in [2.05, 4.69) is 13.2 Å². The topological polar surface area (TPSA) is 0 Å². The number of hydrogen-bond donors (Lipinski definition) is 0. The highest BCUT2D eigenvalue weighted by atomic mass is 13.0. The molecule has 0 heterocycles. The van der Waals surface area contributed by atoms with Crippen LogP contribution in [0.25, 0.3) is 0 Å². The molecule has 0 fully saturated rings. The van der Waals surface area contributed by atoms with Gasteiger partial charge >= 0.3 is 0 Å². The van der Waals surface area contributed by atoms with Gasteiger partial charge in [-0.05, 0) is 0 Å². The van der Waals surface area contributed by atoms with Crippen LogP contribution in [0.5, 0.6) is 0 Å². The molecule has 6 heavy (non-hydrogen) atoms. The average Bonchev–Trinajstić information content (AvgIpc) is 1.50. The van der Waals surface area contributed by atoms with Gasteiger partial charge in [-0.3, -0.25) is 0 Å². The second kappa shape index (κ2) is 981. The molecule has 0 aromatic rings. The maximum atomic E-state index is 3.00. The fourth-order valence-electron chi connectivity index (χ4n) is 0.